The maximum Gasteiger partial charge on any atom is 0.272 e. The van der Waals surface area contributed by atoms with E-state index in [0.717, 1.165) is 37.1 Å². The summed E-state index contributed by atoms with van der Waals surface area (Å²) in [5, 5.41) is 17.0. The van der Waals surface area contributed by atoms with Crippen LogP contribution in [0.5, 0.6) is 0 Å². The molecule has 0 radical (unpaired) electrons. The smallest absolute Gasteiger partial charge is 0.272 e. The second kappa shape index (κ2) is 6.96. The van der Waals surface area contributed by atoms with Gasteiger partial charge in [0.15, 0.2) is 5.69 Å². The molecule has 1 aliphatic carbocycles. The molecule has 2 atom stereocenters. The van der Waals surface area contributed by atoms with Crippen molar-refractivity contribution in [3.05, 3.63) is 47.8 Å². The van der Waals surface area contributed by atoms with Gasteiger partial charge < -0.3 is 10.4 Å². The molecule has 0 spiro atoms. The second-order valence-electron chi connectivity index (χ2n) is 6.23. The Kier molecular flexibility index (Phi) is 4.76. The monoisotopic (exact) mass is 313 g/mol. The number of aromatic nitrogens is 2. The van der Waals surface area contributed by atoms with Crippen LogP contribution in [-0.4, -0.2) is 33.4 Å². The third-order valence-electron chi connectivity index (χ3n) is 4.58. The van der Waals surface area contributed by atoms with Gasteiger partial charge in [0, 0.05) is 24.3 Å². The van der Waals surface area contributed by atoms with Crippen LogP contribution >= 0.6 is 0 Å². The average molecular weight is 313 g/mol. The fraction of sp³-hybridized carbons (Fsp3) is 0.444. The Morgan fingerprint density at radius 2 is 2.04 bits per heavy atom. The summed E-state index contributed by atoms with van der Waals surface area (Å²) in [6, 6.07) is 11.6. The number of aryl methyl sites for hydroxylation is 1. The van der Waals surface area contributed by atoms with E-state index in [0.29, 0.717) is 5.69 Å². The van der Waals surface area contributed by atoms with Crippen LogP contribution in [0.25, 0.3) is 5.69 Å². The molecule has 3 rings (SSSR count). The Morgan fingerprint density at radius 3 is 2.78 bits per heavy atom. The topological polar surface area (TPSA) is 67.2 Å². The van der Waals surface area contributed by atoms with Gasteiger partial charge >= 0.3 is 0 Å². The van der Waals surface area contributed by atoms with E-state index in [4.69, 9.17) is 0 Å². The zero-order chi connectivity index (χ0) is 16.2. The van der Waals surface area contributed by atoms with Gasteiger partial charge in [-0.2, -0.15) is 5.10 Å². The second-order valence-corrected chi connectivity index (χ2v) is 6.23. The largest absolute Gasteiger partial charge is 0.396 e. The molecule has 122 valence electrons. The number of hydrogen-bond donors (Lipinski definition) is 2. The number of carbonyl (C=O) groups excluding carboxylic acids is 1. The number of carbonyl (C=O) groups is 1. The molecule has 1 aromatic heterocycles. The minimum absolute atomic E-state index is 0.0448. The minimum Gasteiger partial charge on any atom is -0.396 e. The van der Waals surface area contributed by atoms with Crippen LogP contribution in [0, 0.1) is 12.8 Å². The number of para-hydroxylation sites is 1. The number of nitrogens with one attached hydrogen (secondary N) is 1. The van der Waals surface area contributed by atoms with Gasteiger partial charge in [-0.15, -0.1) is 0 Å². The molecule has 0 saturated heterocycles. The quantitative estimate of drug-likeness (QED) is 0.911. The summed E-state index contributed by atoms with van der Waals surface area (Å²) in [5.74, 6) is -0.00172. The summed E-state index contributed by atoms with van der Waals surface area (Å²) in [7, 11) is 0. The first-order valence-electron chi connectivity index (χ1n) is 8.23. The van der Waals surface area contributed by atoms with E-state index in [2.05, 4.69) is 10.4 Å². The molecule has 5 nitrogen and oxygen atoms in total. The highest BCUT2D eigenvalue weighted by Crippen LogP contribution is 2.24. The van der Waals surface area contributed by atoms with Gasteiger partial charge in [-0.3, -0.25) is 4.79 Å². The molecule has 2 aromatic rings. The van der Waals surface area contributed by atoms with Crippen molar-refractivity contribution in [1.29, 1.82) is 0 Å². The van der Waals surface area contributed by atoms with Crippen LogP contribution in [-0.2, 0) is 0 Å². The zero-order valence-corrected chi connectivity index (χ0v) is 13.4. The van der Waals surface area contributed by atoms with Crippen molar-refractivity contribution in [3.8, 4) is 5.69 Å². The molecule has 1 aliphatic rings. The minimum atomic E-state index is -0.159. The maximum absolute atomic E-state index is 12.5. The number of aliphatic hydroxyl groups excluding tert-OH is 1. The molecule has 1 fully saturated rings. The summed E-state index contributed by atoms with van der Waals surface area (Å²) in [6.07, 6.45) is 4.12. The van der Waals surface area contributed by atoms with E-state index in [9.17, 15) is 9.90 Å². The third-order valence-corrected chi connectivity index (χ3v) is 4.58. The molecule has 23 heavy (non-hydrogen) atoms. The normalized spacial score (nSPS) is 21.1. The van der Waals surface area contributed by atoms with Crippen molar-refractivity contribution >= 4 is 5.91 Å². The summed E-state index contributed by atoms with van der Waals surface area (Å²) >= 11 is 0. The number of aliphatic hydroxyl groups is 1. The summed E-state index contributed by atoms with van der Waals surface area (Å²) in [5.41, 5.74) is 2.28. The van der Waals surface area contributed by atoms with Crippen molar-refractivity contribution in [3.63, 3.8) is 0 Å². The Balaban J connectivity index is 1.75. The fourth-order valence-electron chi connectivity index (χ4n) is 3.27. The molecular weight excluding hydrogens is 290 g/mol. The summed E-state index contributed by atoms with van der Waals surface area (Å²) in [6.45, 7) is 2.07. The Hall–Kier alpha value is -2.14. The van der Waals surface area contributed by atoms with E-state index < -0.39 is 0 Å². The van der Waals surface area contributed by atoms with Crippen LogP contribution < -0.4 is 5.32 Å². The highest BCUT2D eigenvalue weighted by atomic mass is 16.3. The van der Waals surface area contributed by atoms with Crippen molar-refractivity contribution in [2.45, 2.75) is 38.6 Å². The van der Waals surface area contributed by atoms with Gasteiger partial charge in [0.1, 0.15) is 0 Å². The van der Waals surface area contributed by atoms with Crippen molar-refractivity contribution in [2.24, 2.45) is 5.92 Å². The van der Waals surface area contributed by atoms with Crippen LogP contribution in [0.15, 0.2) is 36.4 Å². The average Bonchev–Trinajstić information content (AvgIpc) is 2.98. The molecule has 0 bridgehead atoms. The van der Waals surface area contributed by atoms with E-state index in [1.807, 2.05) is 37.3 Å². The zero-order valence-electron chi connectivity index (χ0n) is 13.4. The lowest BCUT2D eigenvalue weighted by Gasteiger charge is -2.30. The van der Waals surface area contributed by atoms with Gasteiger partial charge in [0.25, 0.3) is 5.91 Å². The molecule has 2 unspecified atom stereocenters. The number of hydrogen-bond acceptors (Lipinski definition) is 3. The van der Waals surface area contributed by atoms with Crippen molar-refractivity contribution in [1.82, 2.24) is 15.1 Å². The molecule has 1 saturated carbocycles. The van der Waals surface area contributed by atoms with Gasteiger partial charge in [0.2, 0.25) is 0 Å². The number of benzene rings is 1. The van der Waals surface area contributed by atoms with Crippen molar-refractivity contribution < 1.29 is 9.90 Å². The third kappa shape index (κ3) is 3.45. The molecule has 0 aliphatic heterocycles. The number of nitrogens with zero attached hydrogens (tertiary/aromatic N) is 2. The lowest BCUT2D eigenvalue weighted by molar-refractivity contribution is 0.0867. The van der Waals surface area contributed by atoms with Gasteiger partial charge in [-0.1, -0.05) is 31.0 Å². The summed E-state index contributed by atoms with van der Waals surface area (Å²) < 4.78 is 1.78. The predicted molar refractivity (Wildman–Crippen MR) is 88.6 cm³/mol. The first-order chi connectivity index (χ1) is 11.2. The van der Waals surface area contributed by atoms with E-state index in [1.165, 1.54) is 0 Å². The first kappa shape index (κ1) is 15.7. The molecule has 1 heterocycles. The van der Waals surface area contributed by atoms with Crippen LogP contribution in [0.3, 0.4) is 0 Å². The summed E-state index contributed by atoms with van der Waals surface area (Å²) in [4.78, 5) is 12.5. The van der Waals surface area contributed by atoms with E-state index in [1.54, 1.807) is 10.7 Å². The van der Waals surface area contributed by atoms with E-state index >= 15 is 0 Å². The number of rotatable bonds is 4. The molecule has 2 N–H and O–H groups in total. The van der Waals surface area contributed by atoms with Gasteiger partial charge in [0.05, 0.1) is 5.69 Å². The predicted octanol–water partition coefficient (Wildman–Crippen LogP) is 2.46. The highest BCUT2D eigenvalue weighted by Gasteiger charge is 2.27. The molecule has 1 amide bonds. The lowest BCUT2D eigenvalue weighted by atomic mass is 9.85. The van der Waals surface area contributed by atoms with Crippen LogP contribution in [0.2, 0.25) is 0 Å². The Labute approximate surface area is 136 Å². The van der Waals surface area contributed by atoms with Gasteiger partial charge in [-0.25, -0.2) is 4.68 Å². The Bertz CT molecular complexity index is 666. The Morgan fingerprint density at radius 1 is 1.30 bits per heavy atom. The van der Waals surface area contributed by atoms with Crippen molar-refractivity contribution in [2.75, 3.05) is 6.61 Å². The lowest BCUT2D eigenvalue weighted by Crippen LogP contribution is -2.43. The van der Waals surface area contributed by atoms with Crippen LogP contribution in [0.4, 0.5) is 0 Å². The SMILES string of the molecule is Cc1cc(C(=O)NC2CCCCC2CO)nn1-c1ccccc1. The van der Waals surface area contributed by atoms with E-state index in [-0.39, 0.29) is 24.5 Å². The van der Waals surface area contributed by atoms with Gasteiger partial charge in [-0.05, 0) is 38.0 Å². The first-order valence-corrected chi connectivity index (χ1v) is 8.23. The molecule has 1 aromatic carbocycles. The van der Waals surface area contributed by atoms with Crippen LogP contribution in [0.1, 0.15) is 41.9 Å². The standard InChI is InChI=1S/C18H23N3O2/c1-13-11-17(20-21(13)15-8-3-2-4-9-15)18(23)19-16-10-6-5-7-14(16)12-22/h2-4,8-9,11,14,16,22H,5-7,10,12H2,1H3,(H,19,23). The maximum atomic E-state index is 12.5. The fourth-order valence-corrected chi connectivity index (χ4v) is 3.27. The number of amides is 1. The molecule has 5 heteroatoms. The highest BCUT2D eigenvalue weighted by molar-refractivity contribution is 5.92. The molecular formula is C18H23N3O2.